The molecule has 0 unspecified atom stereocenters. The molecule has 2 rings (SSSR count). The predicted octanol–water partition coefficient (Wildman–Crippen LogP) is 3.16. The van der Waals surface area contributed by atoms with Crippen LogP contribution in [0.3, 0.4) is 0 Å². The summed E-state index contributed by atoms with van der Waals surface area (Å²) >= 11 is 5.87. The van der Waals surface area contributed by atoms with Gasteiger partial charge in [-0.2, -0.15) is 0 Å². The van der Waals surface area contributed by atoms with Crippen LogP contribution in [0.1, 0.15) is 25.3 Å². The van der Waals surface area contributed by atoms with E-state index in [1.54, 1.807) is 0 Å². The summed E-state index contributed by atoms with van der Waals surface area (Å²) in [7, 11) is 0. The van der Waals surface area contributed by atoms with Crippen LogP contribution in [-0.4, -0.2) is 31.1 Å². The minimum absolute atomic E-state index is 0.811. The SMILES string of the molecule is CCN1CCC(CNCc2ccc(Cl)cc2)CC1. The summed E-state index contributed by atoms with van der Waals surface area (Å²) < 4.78 is 0. The molecule has 0 amide bonds. The molecule has 1 aliphatic heterocycles. The Morgan fingerprint density at radius 3 is 2.50 bits per heavy atom. The molecule has 2 nitrogen and oxygen atoms in total. The van der Waals surface area contributed by atoms with Crippen LogP contribution < -0.4 is 5.32 Å². The lowest BCUT2D eigenvalue weighted by atomic mass is 9.97. The highest BCUT2D eigenvalue weighted by atomic mass is 35.5. The molecule has 0 spiro atoms. The third kappa shape index (κ3) is 4.27. The Balaban J connectivity index is 1.65. The second-order valence-corrected chi connectivity index (χ2v) is 5.57. The van der Waals surface area contributed by atoms with E-state index in [4.69, 9.17) is 11.6 Å². The average Bonchev–Trinajstić information content (AvgIpc) is 2.42. The Morgan fingerprint density at radius 2 is 1.89 bits per heavy atom. The largest absolute Gasteiger partial charge is 0.312 e. The molecule has 0 aromatic heterocycles. The Bertz CT molecular complexity index is 342. The van der Waals surface area contributed by atoms with Gasteiger partial charge in [0.1, 0.15) is 0 Å². The lowest BCUT2D eigenvalue weighted by Gasteiger charge is -2.31. The molecule has 0 bridgehead atoms. The van der Waals surface area contributed by atoms with Gasteiger partial charge >= 0.3 is 0 Å². The highest BCUT2D eigenvalue weighted by Gasteiger charge is 2.17. The van der Waals surface area contributed by atoms with Crippen molar-refractivity contribution in [3.63, 3.8) is 0 Å². The first-order valence-corrected chi connectivity index (χ1v) is 7.33. The van der Waals surface area contributed by atoms with Gasteiger partial charge in [0.15, 0.2) is 0 Å². The maximum absolute atomic E-state index is 5.87. The van der Waals surface area contributed by atoms with Crippen molar-refractivity contribution in [2.75, 3.05) is 26.2 Å². The second-order valence-electron chi connectivity index (χ2n) is 5.14. The molecule has 0 aliphatic carbocycles. The fourth-order valence-corrected chi connectivity index (χ4v) is 2.66. The van der Waals surface area contributed by atoms with Gasteiger partial charge in [-0.25, -0.2) is 0 Å². The molecule has 1 fully saturated rings. The highest BCUT2D eigenvalue weighted by Crippen LogP contribution is 2.16. The van der Waals surface area contributed by atoms with Crippen LogP contribution in [0.5, 0.6) is 0 Å². The van der Waals surface area contributed by atoms with E-state index in [0.717, 1.165) is 24.0 Å². The third-order valence-electron chi connectivity index (χ3n) is 3.83. The molecule has 3 heteroatoms. The maximum Gasteiger partial charge on any atom is 0.0406 e. The van der Waals surface area contributed by atoms with E-state index >= 15 is 0 Å². The van der Waals surface area contributed by atoms with Crippen molar-refractivity contribution in [2.24, 2.45) is 5.92 Å². The van der Waals surface area contributed by atoms with Gasteiger partial charge in [-0.05, 0) is 62.6 Å². The van der Waals surface area contributed by atoms with Gasteiger partial charge in [-0.15, -0.1) is 0 Å². The Hall–Kier alpha value is -0.570. The molecular formula is C15H23ClN2. The fourth-order valence-electron chi connectivity index (χ4n) is 2.53. The van der Waals surface area contributed by atoms with Crippen molar-refractivity contribution in [2.45, 2.75) is 26.3 Å². The topological polar surface area (TPSA) is 15.3 Å². The van der Waals surface area contributed by atoms with Crippen molar-refractivity contribution in [3.05, 3.63) is 34.9 Å². The Labute approximate surface area is 115 Å². The molecule has 100 valence electrons. The van der Waals surface area contributed by atoms with Crippen LogP contribution in [0.15, 0.2) is 24.3 Å². The van der Waals surface area contributed by atoms with Crippen LogP contribution >= 0.6 is 11.6 Å². The number of hydrogen-bond donors (Lipinski definition) is 1. The van der Waals surface area contributed by atoms with Crippen molar-refractivity contribution < 1.29 is 0 Å². The van der Waals surface area contributed by atoms with Crippen molar-refractivity contribution >= 4 is 11.6 Å². The van der Waals surface area contributed by atoms with Gasteiger partial charge < -0.3 is 10.2 Å². The number of nitrogens with one attached hydrogen (secondary N) is 1. The predicted molar refractivity (Wildman–Crippen MR) is 78.0 cm³/mol. The summed E-state index contributed by atoms with van der Waals surface area (Å²) in [6.07, 6.45) is 2.67. The average molecular weight is 267 g/mol. The van der Waals surface area contributed by atoms with E-state index in [1.807, 2.05) is 12.1 Å². The number of likely N-dealkylation sites (tertiary alicyclic amines) is 1. The molecule has 1 N–H and O–H groups in total. The first-order chi connectivity index (χ1) is 8.78. The molecule has 0 radical (unpaired) electrons. The minimum Gasteiger partial charge on any atom is -0.312 e. The first-order valence-electron chi connectivity index (χ1n) is 6.95. The van der Waals surface area contributed by atoms with Gasteiger partial charge in [0, 0.05) is 11.6 Å². The number of piperidine rings is 1. The molecule has 1 saturated heterocycles. The highest BCUT2D eigenvalue weighted by molar-refractivity contribution is 6.30. The molecule has 1 heterocycles. The normalized spacial score (nSPS) is 18.1. The summed E-state index contributed by atoms with van der Waals surface area (Å²) in [5, 5.41) is 4.37. The van der Waals surface area contributed by atoms with Crippen molar-refractivity contribution in [1.29, 1.82) is 0 Å². The van der Waals surface area contributed by atoms with Gasteiger partial charge in [0.05, 0.1) is 0 Å². The molecular weight excluding hydrogens is 244 g/mol. The summed E-state index contributed by atoms with van der Waals surface area (Å²) in [5.41, 5.74) is 1.31. The van der Waals surface area contributed by atoms with Crippen molar-refractivity contribution in [1.82, 2.24) is 10.2 Å². The Kier molecular flexibility index (Phi) is 5.48. The quantitative estimate of drug-likeness (QED) is 0.881. The fraction of sp³-hybridized carbons (Fsp3) is 0.600. The number of hydrogen-bond acceptors (Lipinski definition) is 2. The van der Waals surface area contributed by atoms with Crippen LogP contribution in [0.2, 0.25) is 5.02 Å². The molecule has 18 heavy (non-hydrogen) atoms. The zero-order valence-corrected chi connectivity index (χ0v) is 11.9. The zero-order valence-electron chi connectivity index (χ0n) is 11.2. The van der Waals surface area contributed by atoms with Crippen LogP contribution in [0, 0.1) is 5.92 Å². The minimum atomic E-state index is 0.811. The number of rotatable bonds is 5. The lowest BCUT2D eigenvalue weighted by Crippen LogP contribution is -2.36. The smallest absolute Gasteiger partial charge is 0.0406 e. The maximum atomic E-state index is 5.87. The zero-order chi connectivity index (χ0) is 12.8. The van der Waals surface area contributed by atoms with E-state index < -0.39 is 0 Å². The van der Waals surface area contributed by atoms with E-state index in [1.165, 1.54) is 38.0 Å². The van der Waals surface area contributed by atoms with Gasteiger partial charge in [0.25, 0.3) is 0 Å². The molecule has 1 aromatic rings. The molecule has 0 saturated carbocycles. The number of halogens is 1. The van der Waals surface area contributed by atoms with Crippen LogP contribution in [0.4, 0.5) is 0 Å². The van der Waals surface area contributed by atoms with E-state index in [9.17, 15) is 0 Å². The lowest BCUT2D eigenvalue weighted by molar-refractivity contribution is 0.190. The summed E-state index contributed by atoms with van der Waals surface area (Å²) in [4.78, 5) is 2.54. The third-order valence-corrected chi connectivity index (χ3v) is 4.08. The number of nitrogens with zero attached hydrogens (tertiary/aromatic N) is 1. The summed E-state index contributed by atoms with van der Waals surface area (Å²) in [6, 6.07) is 8.10. The van der Waals surface area contributed by atoms with Gasteiger partial charge in [-0.3, -0.25) is 0 Å². The van der Waals surface area contributed by atoms with Crippen molar-refractivity contribution in [3.8, 4) is 0 Å². The second kappa shape index (κ2) is 7.13. The Morgan fingerprint density at radius 1 is 1.22 bits per heavy atom. The standard InChI is InChI=1S/C15H23ClN2/c1-2-18-9-7-14(8-10-18)12-17-11-13-3-5-15(16)6-4-13/h3-6,14,17H,2,7-12H2,1H3. The molecule has 1 aliphatic rings. The van der Waals surface area contributed by atoms with Gasteiger partial charge in [-0.1, -0.05) is 30.7 Å². The monoisotopic (exact) mass is 266 g/mol. The van der Waals surface area contributed by atoms with E-state index in [-0.39, 0.29) is 0 Å². The molecule has 0 atom stereocenters. The summed E-state index contributed by atoms with van der Waals surface area (Å²) in [5.74, 6) is 0.847. The number of benzene rings is 1. The summed E-state index contributed by atoms with van der Waals surface area (Å²) in [6.45, 7) is 8.07. The van der Waals surface area contributed by atoms with E-state index in [2.05, 4.69) is 29.3 Å². The van der Waals surface area contributed by atoms with Crippen LogP contribution in [0.25, 0.3) is 0 Å². The van der Waals surface area contributed by atoms with E-state index in [0.29, 0.717) is 0 Å². The first kappa shape index (κ1) is 13.9. The van der Waals surface area contributed by atoms with Crippen LogP contribution in [-0.2, 0) is 6.54 Å². The molecule has 1 aromatic carbocycles. The van der Waals surface area contributed by atoms with Gasteiger partial charge in [0.2, 0.25) is 0 Å².